The molecule has 2 rings (SSSR count). The number of carbonyl (C=O) groups excluding carboxylic acids is 1. The second-order valence-corrected chi connectivity index (χ2v) is 6.15. The van der Waals surface area contributed by atoms with Gasteiger partial charge in [0.05, 0.1) is 6.61 Å². The molecule has 1 amide bonds. The van der Waals surface area contributed by atoms with E-state index in [-0.39, 0.29) is 4.90 Å². The lowest BCUT2D eigenvalue weighted by molar-refractivity contribution is -0.114. The van der Waals surface area contributed by atoms with Gasteiger partial charge in [-0.25, -0.2) is 13.1 Å². The number of pyridine rings is 1. The Bertz CT molecular complexity index is 802. The molecule has 0 atom stereocenters. The smallest absolute Gasteiger partial charge is 0.265 e. The van der Waals surface area contributed by atoms with Crippen LogP contribution in [0.25, 0.3) is 6.08 Å². The average Bonchev–Trinajstić information content (AvgIpc) is 2.55. The predicted octanol–water partition coefficient (Wildman–Crippen LogP) is 2.00. The highest BCUT2D eigenvalue weighted by Gasteiger charge is 2.15. The molecule has 0 bridgehead atoms. The van der Waals surface area contributed by atoms with Crippen LogP contribution in [-0.4, -0.2) is 25.9 Å². The average molecular weight is 332 g/mol. The molecule has 0 aliphatic rings. The first kappa shape index (κ1) is 16.7. The number of aromatic nitrogens is 1. The van der Waals surface area contributed by atoms with Crippen LogP contribution in [0.3, 0.4) is 0 Å². The lowest BCUT2D eigenvalue weighted by atomic mass is 10.2. The number of hydrogen-bond acceptors (Lipinski definition) is 5. The SMILES string of the molecule is CCOc1ccccc1/C=C/C(=O)NS(=O)(=O)c1cccnc1. The highest BCUT2D eigenvalue weighted by Crippen LogP contribution is 2.19. The van der Waals surface area contributed by atoms with Gasteiger partial charge < -0.3 is 4.74 Å². The second kappa shape index (κ2) is 7.55. The first-order valence-corrected chi connectivity index (χ1v) is 8.38. The standard InChI is InChI=1S/C16H16N2O4S/c1-2-22-15-8-4-3-6-13(15)9-10-16(19)18-23(20,21)14-7-5-11-17-12-14/h3-12H,2H2,1H3,(H,18,19)/b10-9+. The maximum Gasteiger partial charge on any atom is 0.265 e. The van der Waals surface area contributed by atoms with Crippen LogP contribution < -0.4 is 9.46 Å². The van der Waals surface area contributed by atoms with Crippen LogP contribution in [0, 0.1) is 0 Å². The first-order chi connectivity index (χ1) is 11.0. The highest BCUT2D eigenvalue weighted by molar-refractivity contribution is 7.90. The van der Waals surface area contributed by atoms with Crippen molar-refractivity contribution in [3.8, 4) is 5.75 Å². The molecule has 0 saturated heterocycles. The van der Waals surface area contributed by atoms with E-state index in [0.29, 0.717) is 17.9 Å². The zero-order valence-electron chi connectivity index (χ0n) is 12.5. The monoisotopic (exact) mass is 332 g/mol. The molecule has 6 nitrogen and oxygen atoms in total. The minimum atomic E-state index is -3.93. The summed E-state index contributed by atoms with van der Waals surface area (Å²) in [6.45, 7) is 2.35. The van der Waals surface area contributed by atoms with Crippen LogP contribution in [0.1, 0.15) is 12.5 Å². The summed E-state index contributed by atoms with van der Waals surface area (Å²) in [6.07, 6.45) is 5.26. The van der Waals surface area contributed by atoms with Gasteiger partial charge in [0, 0.05) is 24.0 Å². The third-order valence-corrected chi connectivity index (χ3v) is 4.14. The van der Waals surface area contributed by atoms with E-state index >= 15 is 0 Å². The van der Waals surface area contributed by atoms with Crippen molar-refractivity contribution in [2.75, 3.05) is 6.61 Å². The van der Waals surface area contributed by atoms with Crippen molar-refractivity contribution < 1.29 is 17.9 Å². The topological polar surface area (TPSA) is 85.4 Å². The maximum atomic E-state index is 12.0. The van der Waals surface area contributed by atoms with Gasteiger partial charge in [0.15, 0.2) is 0 Å². The van der Waals surface area contributed by atoms with E-state index in [0.717, 1.165) is 6.08 Å². The van der Waals surface area contributed by atoms with Crippen molar-refractivity contribution in [3.63, 3.8) is 0 Å². The van der Waals surface area contributed by atoms with E-state index in [9.17, 15) is 13.2 Å². The molecule has 1 heterocycles. The fourth-order valence-corrected chi connectivity index (χ4v) is 2.71. The van der Waals surface area contributed by atoms with Gasteiger partial charge in [-0.05, 0) is 31.2 Å². The van der Waals surface area contributed by atoms with E-state index in [1.807, 2.05) is 17.7 Å². The minimum Gasteiger partial charge on any atom is -0.493 e. The molecule has 1 aromatic heterocycles. The number of rotatable bonds is 6. The molecule has 1 aromatic carbocycles. The molecule has 0 aliphatic carbocycles. The lowest BCUT2D eigenvalue weighted by Gasteiger charge is -2.06. The number of sulfonamides is 1. The Morgan fingerprint density at radius 2 is 2.04 bits per heavy atom. The number of carbonyl (C=O) groups is 1. The van der Waals surface area contributed by atoms with Crippen molar-refractivity contribution >= 4 is 22.0 Å². The molecule has 0 spiro atoms. The number of ether oxygens (including phenoxy) is 1. The second-order valence-electron chi connectivity index (χ2n) is 4.46. The van der Waals surface area contributed by atoms with Gasteiger partial charge in [0.2, 0.25) is 0 Å². The van der Waals surface area contributed by atoms with Crippen LogP contribution in [-0.2, 0) is 14.8 Å². The van der Waals surface area contributed by atoms with Crippen LogP contribution in [0.2, 0.25) is 0 Å². The van der Waals surface area contributed by atoms with Crippen molar-refractivity contribution in [2.45, 2.75) is 11.8 Å². The molecule has 2 aromatic rings. The molecule has 0 aliphatic heterocycles. The summed E-state index contributed by atoms with van der Waals surface area (Å²) in [6, 6.07) is 9.99. The molecular formula is C16H16N2O4S. The zero-order valence-corrected chi connectivity index (χ0v) is 13.3. The molecule has 0 fully saturated rings. The van der Waals surface area contributed by atoms with Crippen molar-refractivity contribution in [3.05, 3.63) is 60.4 Å². The summed E-state index contributed by atoms with van der Waals surface area (Å²) in [7, 11) is -3.93. The van der Waals surface area contributed by atoms with Gasteiger partial charge >= 0.3 is 0 Å². The Labute approximate surface area is 134 Å². The zero-order chi connectivity index (χ0) is 16.7. The number of amides is 1. The summed E-state index contributed by atoms with van der Waals surface area (Å²) < 4.78 is 31.4. The predicted molar refractivity (Wildman–Crippen MR) is 86.2 cm³/mol. The fourth-order valence-electron chi connectivity index (χ4n) is 1.80. The minimum absolute atomic E-state index is 0.0727. The Kier molecular flexibility index (Phi) is 5.48. The number of benzene rings is 1. The molecule has 23 heavy (non-hydrogen) atoms. The van der Waals surface area contributed by atoms with E-state index < -0.39 is 15.9 Å². The molecule has 0 radical (unpaired) electrons. The third-order valence-electron chi connectivity index (χ3n) is 2.81. The van der Waals surface area contributed by atoms with Gasteiger partial charge in [0.1, 0.15) is 10.6 Å². The lowest BCUT2D eigenvalue weighted by Crippen LogP contribution is -2.29. The van der Waals surface area contributed by atoms with Crippen LogP contribution in [0.15, 0.2) is 59.8 Å². The van der Waals surface area contributed by atoms with Crippen LogP contribution in [0.5, 0.6) is 5.75 Å². The Morgan fingerprint density at radius 3 is 2.74 bits per heavy atom. The first-order valence-electron chi connectivity index (χ1n) is 6.89. The maximum absolute atomic E-state index is 12.0. The van der Waals surface area contributed by atoms with Gasteiger partial charge in [-0.2, -0.15) is 0 Å². The molecule has 0 saturated carbocycles. The van der Waals surface area contributed by atoms with Gasteiger partial charge in [-0.15, -0.1) is 0 Å². The van der Waals surface area contributed by atoms with Crippen LogP contribution >= 0.6 is 0 Å². The van der Waals surface area contributed by atoms with Gasteiger partial charge in [-0.1, -0.05) is 18.2 Å². The molecular weight excluding hydrogens is 316 g/mol. The van der Waals surface area contributed by atoms with Crippen molar-refractivity contribution in [1.29, 1.82) is 0 Å². The quantitative estimate of drug-likeness (QED) is 0.818. The van der Waals surface area contributed by atoms with E-state index in [1.54, 1.807) is 18.2 Å². The third kappa shape index (κ3) is 4.65. The normalized spacial score (nSPS) is 11.3. The van der Waals surface area contributed by atoms with Crippen molar-refractivity contribution in [1.82, 2.24) is 9.71 Å². The summed E-state index contributed by atoms with van der Waals surface area (Å²) in [4.78, 5) is 15.5. The highest BCUT2D eigenvalue weighted by atomic mass is 32.2. The number of hydrogen-bond donors (Lipinski definition) is 1. The van der Waals surface area contributed by atoms with Crippen LogP contribution in [0.4, 0.5) is 0 Å². The fraction of sp³-hybridized carbons (Fsp3) is 0.125. The largest absolute Gasteiger partial charge is 0.493 e. The number of nitrogens with one attached hydrogen (secondary N) is 1. The Balaban J connectivity index is 2.11. The molecule has 7 heteroatoms. The number of nitrogens with zero attached hydrogens (tertiary/aromatic N) is 1. The number of para-hydroxylation sites is 1. The van der Waals surface area contributed by atoms with E-state index in [1.165, 1.54) is 30.6 Å². The summed E-state index contributed by atoms with van der Waals surface area (Å²) >= 11 is 0. The van der Waals surface area contributed by atoms with Gasteiger partial charge in [0.25, 0.3) is 15.9 Å². The van der Waals surface area contributed by atoms with E-state index in [2.05, 4.69) is 4.98 Å². The van der Waals surface area contributed by atoms with E-state index in [4.69, 9.17) is 4.74 Å². The summed E-state index contributed by atoms with van der Waals surface area (Å²) in [5.74, 6) is -0.130. The van der Waals surface area contributed by atoms with Gasteiger partial charge in [-0.3, -0.25) is 9.78 Å². The molecule has 120 valence electrons. The summed E-state index contributed by atoms with van der Waals surface area (Å²) in [5, 5.41) is 0. The Morgan fingerprint density at radius 1 is 1.26 bits per heavy atom. The Hall–Kier alpha value is -2.67. The summed E-state index contributed by atoms with van der Waals surface area (Å²) in [5.41, 5.74) is 0.684. The molecule has 1 N–H and O–H groups in total. The van der Waals surface area contributed by atoms with Crippen molar-refractivity contribution in [2.24, 2.45) is 0 Å². The molecule has 0 unspecified atom stereocenters.